The van der Waals surface area contributed by atoms with Gasteiger partial charge in [0.15, 0.2) is 0 Å². The number of imide groups is 1. The fourth-order valence-electron chi connectivity index (χ4n) is 3.93. The Labute approximate surface area is 207 Å². The Bertz CT molecular complexity index is 1350. The summed E-state index contributed by atoms with van der Waals surface area (Å²) in [7, 11) is 0. The van der Waals surface area contributed by atoms with Crippen LogP contribution in [0.4, 0.5) is 21.5 Å². The first-order valence-corrected chi connectivity index (χ1v) is 11.6. The van der Waals surface area contributed by atoms with E-state index in [1.54, 1.807) is 24.3 Å². The second-order valence-electron chi connectivity index (χ2n) is 7.90. The average Bonchev–Trinajstić information content (AvgIpc) is 3.07. The number of carbonyl (C=O) groups excluding carboxylic acids is 3. The monoisotopic (exact) mass is 491 g/mol. The number of nitrogens with one attached hydrogen (secondary N) is 2. The van der Waals surface area contributed by atoms with Crippen molar-refractivity contribution in [1.82, 2.24) is 0 Å². The molecule has 1 aliphatic heterocycles. The molecule has 0 saturated carbocycles. The summed E-state index contributed by atoms with van der Waals surface area (Å²) in [4.78, 5) is 39.3. The molecular weight excluding hydrogens is 469 g/mol. The first-order chi connectivity index (χ1) is 16.8. The standard InChI is InChI=1S/C27H23ClFN3O3/c1-3-16-9-7-10-17(4-2)23(16)31-25(33)18-11-8-12-19(15-18)30-24-22(28)26(34)32(27(24)35)21-14-6-5-13-20(21)29/h5-15,30H,3-4H2,1-2H3,(H,31,33). The molecule has 3 aromatic carbocycles. The lowest BCUT2D eigenvalue weighted by atomic mass is 10.0. The molecule has 0 saturated heterocycles. The lowest BCUT2D eigenvalue weighted by Gasteiger charge is -2.16. The summed E-state index contributed by atoms with van der Waals surface area (Å²) < 4.78 is 14.2. The van der Waals surface area contributed by atoms with Gasteiger partial charge in [-0.15, -0.1) is 0 Å². The van der Waals surface area contributed by atoms with Crippen LogP contribution in [0, 0.1) is 5.82 Å². The summed E-state index contributed by atoms with van der Waals surface area (Å²) in [5.41, 5.74) is 3.21. The second-order valence-corrected chi connectivity index (χ2v) is 8.28. The minimum Gasteiger partial charge on any atom is -0.350 e. The summed E-state index contributed by atoms with van der Waals surface area (Å²) in [6.07, 6.45) is 1.54. The van der Waals surface area contributed by atoms with E-state index in [0.717, 1.165) is 35.7 Å². The quantitative estimate of drug-likeness (QED) is 0.419. The first kappa shape index (κ1) is 24.2. The van der Waals surface area contributed by atoms with Gasteiger partial charge < -0.3 is 10.6 Å². The number of carbonyl (C=O) groups is 3. The molecule has 6 nitrogen and oxygen atoms in total. The van der Waals surface area contributed by atoms with E-state index in [4.69, 9.17) is 11.6 Å². The zero-order valence-corrected chi connectivity index (χ0v) is 19.9. The van der Waals surface area contributed by atoms with E-state index in [9.17, 15) is 18.8 Å². The van der Waals surface area contributed by atoms with Gasteiger partial charge in [-0.1, -0.05) is 61.8 Å². The highest BCUT2D eigenvalue weighted by molar-refractivity contribution is 6.53. The number of para-hydroxylation sites is 2. The number of hydrogen-bond acceptors (Lipinski definition) is 4. The summed E-state index contributed by atoms with van der Waals surface area (Å²) in [5.74, 6) is -2.66. The average molecular weight is 492 g/mol. The van der Waals surface area contributed by atoms with Crippen molar-refractivity contribution in [2.75, 3.05) is 15.5 Å². The van der Waals surface area contributed by atoms with Gasteiger partial charge in [0, 0.05) is 16.9 Å². The van der Waals surface area contributed by atoms with Gasteiger partial charge in [0.1, 0.15) is 16.5 Å². The van der Waals surface area contributed by atoms with Gasteiger partial charge in [-0.2, -0.15) is 0 Å². The molecule has 0 aliphatic carbocycles. The number of amides is 3. The molecular formula is C27H23ClFN3O3. The normalized spacial score (nSPS) is 13.4. The SMILES string of the molecule is CCc1cccc(CC)c1NC(=O)c1cccc(NC2=C(Cl)C(=O)N(c3ccccc3F)C2=O)c1. The van der Waals surface area contributed by atoms with Crippen LogP contribution in [0.2, 0.25) is 0 Å². The predicted octanol–water partition coefficient (Wildman–Crippen LogP) is 5.64. The molecule has 3 amide bonds. The van der Waals surface area contributed by atoms with Crippen LogP contribution < -0.4 is 15.5 Å². The third kappa shape index (κ3) is 4.68. The van der Waals surface area contributed by atoms with Crippen molar-refractivity contribution in [1.29, 1.82) is 0 Å². The molecule has 1 heterocycles. The van der Waals surface area contributed by atoms with Crippen LogP contribution in [0.5, 0.6) is 0 Å². The minimum atomic E-state index is -0.832. The van der Waals surface area contributed by atoms with Gasteiger partial charge in [0.2, 0.25) is 0 Å². The van der Waals surface area contributed by atoms with Crippen LogP contribution in [-0.4, -0.2) is 17.7 Å². The highest BCUT2D eigenvalue weighted by Gasteiger charge is 2.40. The van der Waals surface area contributed by atoms with Crippen molar-refractivity contribution in [2.45, 2.75) is 26.7 Å². The number of rotatable bonds is 7. The molecule has 0 aromatic heterocycles. The predicted molar refractivity (Wildman–Crippen MR) is 135 cm³/mol. The van der Waals surface area contributed by atoms with E-state index in [-0.39, 0.29) is 22.3 Å². The van der Waals surface area contributed by atoms with Gasteiger partial charge in [0.25, 0.3) is 17.7 Å². The summed E-state index contributed by atoms with van der Waals surface area (Å²) in [6, 6.07) is 17.8. The van der Waals surface area contributed by atoms with Gasteiger partial charge >= 0.3 is 0 Å². The maximum Gasteiger partial charge on any atom is 0.283 e. The van der Waals surface area contributed by atoms with Crippen LogP contribution >= 0.6 is 11.6 Å². The Balaban J connectivity index is 1.58. The molecule has 0 unspecified atom stereocenters. The summed E-state index contributed by atoms with van der Waals surface area (Å²) in [6.45, 7) is 4.05. The van der Waals surface area contributed by atoms with Gasteiger partial charge in [0.05, 0.1) is 5.69 Å². The Kier molecular flexibility index (Phi) is 6.98. The molecule has 35 heavy (non-hydrogen) atoms. The van der Waals surface area contributed by atoms with E-state index in [1.807, 2.05) is 32.0 Å². The van der Waals surface area contributed by atoms with Gasteiger partial charge in [-0.25, -0.2) is 9.29 Å². The molecule has 0 radical (unpaired) electrons. The van der Waals surface area contributed by atoms with E-state index >= 15 is 0 Å². The minimum absolute atomic E-state index is 0.188. The maximum absolute atomic E-state index is 14.2. The largest absolute Gasteiger partial charge is 0.350 e. The van der Waals surface area contributed by atoms with Crippen molar-refractivity contribution in [3.05, 3.63) is 100.0 Å². The van der Waals surface area contributed by atoms with Crippen molar-refractivity contribution in [3.8, 4) is 0 Å². The van der Waals surface area contributed by atoms with E-state index in [2.05, 4.69) is 10.6 Å². The molecule has 1 aliphatic rings. The number of halogens is 2. The first-order valence-electron chi connectivity index (χ1n) is 11.2. The zero-order valence-electron chi connectivity index (χ0n) is 19.2. The van der Waals surface area contributed by atoms with Crippen molar-refractivity contribution < 1.29 is 18.8 Å². The van der Waals surface area contributed by atoms with Crippen LogP contribution in [0.1, 0.15) is 35.3 Å². The fraction of sp³-hybridized carbons (Fsp3) is 0.148. The zero-order chi connectivity index (χ0) is 25.1. The molecule has 0 bridgehead atoms. The third-order valence-electron chi connectivity index (χ3n) is 5.75. The smallest absolute Gasteiger partial charge is 0.283 e. The van der Waals surface area contributed by atoms with Crippen LogP contribution in [0.3, 0.4) is 0 Å². The van der Waals surface area contributed by atoms with Crippen LogP contribution in [0.25, 0.3) is 0 Å². The van der Waals surface area contributed by atoms with Gasteiger partial charge in [-0.05, 0) is 54.3 Å². The third-order valence-corrected chi connectivity index (χ3v) is 6.10. The van der Waals surface area contributed by atoms with E-state index in [0.29, 0.717) is 16.2 Å². The van der Waals surface area contributed by atoms with Crippen molar-refractivity contribution in [3.63, 3.8) is 0 Å². The maximum atomic E-state index is 14.2. The lowest BCUT2D eigenvalue weighted by molar-refractivity contribution is -0.120. The molecule has 3 aromatic rings. The Hall–Kier alpha value is -3.97. The highest BCUT2D eigenvalue weighted by atomic mass is 35.5. The summed E-state index contributed by atoms with van der Waals surface area (Å²) in [5, 5.41) is 5.47. The Morgan fingerprint density at radius 3 is 2.23 bits per heavy atom. The molecule has 178 valence electrons. The number of benzene rings is 3. The number of aryl methyl sites for hydroxylation is 2. The molecule has 0 fully saturated rings. The van der Waals surface area contributed by atoms with E-state index < -0.39 is 17.6 Å². The Morgan fingerprint density at radius 2 is 1.57 bits per heavy atom. The number of anilines is 3. The van der Waals surface area contributed by atoms with Crippen LogP contribution in [0.15, 0.2) is 77.5 Å². The summed E-state index contributed by atoms with van der Waals surface area (Å²) >= 11 is 6.15. The fourth-order valence-corrected chi connectivity index (χ4v) is 4.15. The number of nitrogens with zero attached hydrogens (tertiary/aromatic N) is 1. The van der Waals surface area contributed by atoms with Crippen LogP contribution in [-0.2, 0) is 22.4 Å². The van der Waals surface area contributed by atoms with Crippen molar-refractivity contribution in [2.24, 2.45) is 0 Å². The lowest BCUT2D eigenvalue weighted by Crippen LogP contribution is -2.33. The highest BCUT2D eigenvalue weighted by Crippen LogP contribution is 2.32. The molecule has 0 atom stereocenters. The molecule has 8 heteroatoms. The van der Waals surface area contributed by atoms with E-state index in [1.165, 1.54) is 18.2 Å². The van der Waals surface area contributed by atoms with Crippen molar-refractivity contribution >= 4 is 46.4 Å². The number of hydrogen-bond donors (Lipinski definition) is 2. The topological polar surface area (TPSA) is 78.5 Å². The van der Waals surface area contributed by atoms with Gasteiger partial charge in [-0.3, -0.25) is 14.4 Å². The molecule has 0 spiro atoms. The second kappa shape index (κ2) is 10.1. The molecule has 4 rings (SSSR count). The molecule has 2 N–H and O–H groups in total. The Morgan fingerprint density at radius 1 is 0.914 bits per heavy atom.